The highest BCUT2D eigenvalue weighted by Gasteiger charge is 2.41. The maximum absolute atomic E-state index is 13.5. The number of halogens is 2. The molecule has 0 aromatic carbocycles. The van der Waals surface area contributed by atoms with E-state index in [0.29, 0.717) is 13.0 Å². The lowest BCUT2D eigenvalue weighted by Crippen LogP contribution is -2.57. The van der Waals surface area contributed by atoms with Crippen molar-refractivity contribution >= 4 is 11.8 Å². The SMILES string of the molecule is C=C(F)/C(=C\C=C(/C)F)CNC(=O)c1cn2c(c(O)c1=O)C(=O)N1[C@H](C)CCO[C@H]1C2. The summed E-state index contributed by atoms with van der Waals surface area (Å²) >= 11 is 0. The van der Waals surface area contributed by atoms with Gasteiger partial charge in [-0.15, -0.1) is 0 Å². The van der Waals surface area contributed by atoms with Gasteiger partial charge in [-0.1, -0.05) is 12.7 Å². The van der Waals surface area contributed by atoms with Crippen molar-refractivity contribution in [3.63, 3.8) is 0 Å². The van der Waals surface area contributed by atoms with E-state index in [4.69, 9.17) is 4.74 Å². The number of carbonyl (C=O) groups is 2. The number of ether oxygens (including phenoxy) is 1. The Hall–Kier alpha value is -3.27. The first-order valence-electron chi connectivity index (χ1n) is 9.68. The van der Waals surface area contributed by atoms with Crippen LogP contribution in [0.2, 0.25) is 0 Å². The molecule has 8 nitrogen and oxygen atoms in total. The molecule has 10 heteroatoms. The highest BCUT2D eigenvalue weighted by atomic mass is 19.1. The number of carbonyl (C=O) groups excluding carboxylic acids is 2. The van der Waals surface area contributed by atoms with E-state index in [2.05, 4.69) is 11.9 Å². The van der Waals surface area contributed by atoms with Crippen LogP contribution in [-0.4, -0.2) is 51.8 Å². The first-order chi connectivity index (χ1) is 14.6. The number of nitrogens with zero attached hydrogens (tertiary/aromatic N) is 2. The molecule has 0 aliphatic carbocycles. The van der Waals surface area contributed by atoms with Gasteiger partial charge < -0.3 is 24.6 Å². The molecule has 0 spiro atoms. The molecule has 1 saturated heterocycles. The van der Waals surface area contributed by atoms with Crippen LogP contribution in [0.4, 0.5) is 8.78 Å². The van der Waals surface area contributed by atoms with Gasteiger partial charge >= 0.3 is 0 Å². The number of fused-ring (bicyclic) bond motifs is 2. The maximum Gasteiger partial charge on any atom is 0.276 e. The first-order valence-corrected chi connectivity index (χ1v) is 9.68. The number of aromatic nitrogens is 1. The van der Waals surface area contributed by atoms with Crippen molar-refractivity contribution in [3.05, 3.63) is 63.6 Å². The van der Waals surface area contributed by atoms with Gasteiger partial charge in [0, 0.05) is 24.4 Å². The van der Waals surface area contributed by atoms with E-state index in [9.17, 15) is 28.3 Å². The summed E-state index contributed by atoms with van der Waals surface area (Å²) in [6, 6.07) is -0.126. The fourth-order valence-corrected chi connectivity index (χ4v) is 3.55. The minimum atomic E-state index is -1.02. The van der Waals surface area contributed by atoms with Gasteiger partial charge in [0.05, 0.1) is 19.0 Å². The van der Waals surface area contributed by atoms with E-state index in [1.165, 1.54) is 22.6 Å². The molecule has 3 rings (SSSR count). The number of amides is 2. The molecule has 1 aromatic heterocycles. The van der Waals surface area contributed by atoms with Gasteiger partial charge in [-0.25, -0.2) is 8.78 Å². The lowest BCUT2D eigenvalue weighted by atomic mass is 10.1. The summed E-state index contributed by atoms with van der Waals surface area (Å²) in [6.07, 6.45) is 3.34. The van der Waals surface area contributed by atoms with Crippen molar-refractivity contribution in [2.75, 3.05) is 13.2 Å². The van der Waals surface area contributed by atoms with Gasteiger partial charge in [0.25, 0.3) is 11.8 Å². The minimum Gasteiger partial charge on any atom is -0.503 e. The Labute approximate surface area is 177 Å². The molecular weight excluding hydrogens is 412 g/mol. The molecule has 1 fully saturated rings. The van der Waals surface area contributed by atoms with E-state index >= 15 is 0 Å². The maximum atomic E-state index is 13.5. The van der Waals surface area contributed by atoms with Crippen LogP contribution in [0, 0.1) is 0 Å². The molecule has 0 saturated carbocycles. The van der Waals surface area contributed by atoms with Gasteiger partial charge in [0.2, 0.25) is 5.43 Å². The zero-order valence-corrected chi connectivity index (χ0v) is 17.2. The third-order valence-corrected chi connectivity index (χ3v) is 5.22. The van der Waals surface area contributed by atoms with E-state index < -0.39 is 46.4 Å². The Morgan fingerprint density at radius 3 is 2.74 bits per heavy atom. The molecular formula is C21H23F2N3O5. The molecule has 166 valence electrons. The van der Waals surface area contributed by atoms with Crippen LogP contribution >= 0.6 is 0 Å². The zero-order valence-electron chi connectivity index (χ0n) is 17.2. The van der Waals surface area contributed by atoms with Crippen molar-refractivity contribution < 1.29 is 28.2 Å². The van der Waals surface area contributed by atoms with Gasteiger partial charge in [-0.3, -0.25) is 14.4 Å². The van der Waals surface area contributed by atoms with Gasteiger partial charge in [0.15, 0.2) is 17.7 Å². The highest BCUT2D eigenvalue weighted by molar-refractivity contribution is 5.99. The van der Waals surface area contributed by atoms with Gasteiger partial charge in [-0.05, 0) is 26.3 Å². The van der Waals surface area contributed by atoms with E-state index in [-0.39, 0.29) is 30.4 Å². The van der Waals surface area contributed by atoms with E-state index in [1.54, 1.807) is 0 Å². The number of pyridine rings is 1. The summed E-state index contributed by atoms with van der Waals surface area (Å²) in [5, 5.41) is 12.7. The van der Waals surface area contributed by atoms with E-state index in [0.717, 1.165) is 12.2 Å². The van der Waals surface area contributed by atoms with E-state index in [1.807, 2.05) is 6.92 Å². The molecule has 1 aromatic rings. The Kier molecular flexibility index (Phi) is 6.40. The van der Waals surface area contributed by atoms with Crippen molar-refractivity contribution in [2.45, 2.75) is 39.1 Å². The average molecular weight is 435 g/mol. The normalized spacial score (nSPS) is 21.4. The summed E-state index contributed by atoms with van der Waals surface area (Å²) in [4.78, 5) is 39.5. The van der Waals surface area contributed by atoms with Crippen LogP contribution in [0.15, 0.2) is 46.9 Å². The van der Waals surface area contributed by atoms with Crippen LogP contribution in [0.25, 0.3) is 0 Å². The molecule has 2 aliphatic heterocycles. The van der Waals surface area contributed by atoms with Crippen molar-refractivity contribution in [1.82, 2.24) is 14.8 Å². The predicted octanol–water partition coefficient (Wildman–Crippen LogP) is 2.16. The highest BCUT2D eigenvalue weighted by Crippen LogP contribution is 2.29. The van der Waals surface area contributed by atoms with Crippen molar-refractivity contribution in [2.24, 2.45) is 0 Å². The Morgan fingerprint density at radius 1 is 1.39 bits per heavy atom. The third-order valence-electron chi connectivity index (χ3n) is 5.22. The fraction of sp³-hybridized carbons (Fsp3) is 0.381. The molecule has 2 amide bonds. The second kappa shape index (κ2) is 8.84. The minimum absolute atomic E-state index is 0.0944. The van der Waals surface area contributed by atoms with Crippen LogP contribution in [0.1, 0.15) is 41.1 Å². The summed E-state index contributed by atoms with van der Waals surface area (Å²) in [5.74, 6) is -3.73. The second-order valence-corrected chi connectivity index (χ2v) is 7.43. The molecule has 0 radical (unpaired) electrons. The summed E-state index contributed by atoms with van der Waals surface area (Å²) in [7, 11) is 0. The number of hydrogen-bond donors (Lipinski definition) is 2. The molecule has 3 heterocycles. The van der Waals surface area contributed by atoms with Crippen LogP contribution in [0.3, 0.4) is 0 Å². The van der Waals surface area contributed by atoms with Crippen LogP contribution in [0.5, 0.6) is 5.75 Å². The standard InChI is InChI=1S/C21H23F2N3O5/c1-11(22)4-5-14(13(3)23)8-24-20(29)15-9-25-10-16-26(12(2)6-7-31-16)21(30)17(25)19(28)18(15)27/h4-5,9,12,16,28H,3,6-8,10H2,1-2H3,(H,24,29)/b11-4+,14-5-/t12-,16+/m1/s1. The average Bonchev–Trinajstić information content (AvgIpc) is 2.69. The number of nitrogens with one attached hydrogen (secondary N) is 1. The molecule has 2 aliphatic rings. The fourth-order valence-electron chi connectivity index (χ4n) is 3.55. The predicted molar refractivity (Wildman–Crippen MR) is 108 cm³/mol. The number of rotatable bonds is 5. The topological polar surface area (TPSA) is 101 Å². The first kappa shape index (κ1) is 22.4. The number of hydrogen-bond acceptors (Lipinski definition) is 5. The Morgan fingerprint density at radius 2 is 2.10 bits per heavy atom. The van der Waals surface area contributed by atoms with Gasteiger partial charge in [-0.2, -0.15) is 0 Å². The Balaban J connectivity index is 1.89. The summed E-state index contributed by atoms with van der Waals surface area (Å²) in [5.41, 5.74) is -1.75. The van der Waals surface area contributed by atoms with Crippen LogP contribution < -0.4 is 10.7 Å². The largest absolute Gasteiger partial charge is 0.503 e. The van der Waals surface area contributed by atoms with Crippen molar-refractivity contribution in [1.29, 1.82) is 0 Å². The smallest absolute Gasteiger partial charge is 0.276 e. The second-order valence-electron chi connectivity index (χ2n) is 7.43. The third kappa shape index (κ3) is 4.43. The lowest BCUT2D eigenvalue weighted by Gasteiger charge is -2.44. The molecule has 2 atom stereocenters. The van der Waals surface area contributed by atoms with Crippen molar-refractivity contribution in [3.8, 4) is 5.75 Å². The number of aromatic hydroxyl groups is 1. The zero-order chi connectivity index (χ0) is 22.9. The monoisotopic (exact) mass is 435 g/mol. The molecule has 31 heavy (non-hydrogen) atoms. The van der Waals surface area contributed by atoms with Crippen LogP contribution in [-0.2, 0) is 11.3 Å². The van der Waals surface area contributed by atoms with Gasteiger partial charge in [0.1, 0.15) is 11.4 Å². The molecule has 0 bridgehead atoms. The number of allylic oxidation sites excluding steroid dienone is 3. The molecule has 0 unspecified atom stereocenters. The summed E-state index contributed by atoms with van der Waals surface area (Å²) in [6.45, 7) is 6.37. The quantitative estimate of drug-likeness (QED) is 0.691. The Bertz CT molecular complexity index is 1060. The lowest BCUT2D eigenvalue weighted by molar-refractivity contribution is -0.112. The molecule has 2 N–H and O–H groups in total. The summed E-state index contributed by atoms with van der Waals surface area (Å²) < 4.78 is 33.4.